The van der Waals surface area contributed by atoms with E-state index in [4.69, 9.17) is 9.97 Å². The summed E-state index contributed by atoms with van der Waals surface area (Å²) >= 11 is 0. The van der Waals surface area contributed by atoms with Crippen molar-refractivity contribution < 1.29 is 26.2 Å². The number of pyridine rings is 1. The number of aryl methyl sites for hydroxylation is 1. The largest absolute Gasteiger partial charge is 0.507 e. The fourth-order valence-electron chi connectivity index (χ4n) is 6.78. The number of aromatic nitrogens is 3. The Morgan fingerprint density at radius 1 is 0.694 bits per heavy atom. The van der Waals surface area contributed by atoms with Crippen molar-refractivity contribution in [3.8, 4) is 39.4 Å². The molecule has 2 heterocycles. The van der Waals surface area contributed by atoms with E-state index in [1.54, 1.807) is 6.07 Å². The van der Waals surface area contributed by atoms with Gasteiger partial charge in [-0.05, 0) is 76.4 Å². The third kappa shape index (κ3) is 6.87. The molecule has 4 aromatic carbocycles. The molecule has 0 fully saturated rings. The third-order valence-electron chi connectivity index (χ3n) is 9.45. The topological polar surface area (TPSA) is 50.9 Å². The maximum atomic E-state index is 11.1. The Morgan fingerprint density at radius 3 is 1.94 bits per heavy atom. The molecule has 0 saturated carbocycles. The van der Waals surface area contributed by atoms with Crippen LogP contribution in [0.15, 0.2) is 72.9 Å². The molecule has 0 aliphatic heterocycles. The summed E-state index contributed by atoms with van der Waals surface area (Å²) in [6, 6.07) is 27.5. The zero-order valence-corrected chi connectivity index (χ0v) is 33.4. The van der Waals surface area contributed by atoms with Crippen LogP contribution in [0.1, 0.15) is 104 Å². The molecule has 6 rings (SSSR count). The fraction of sp³-hybridized carbons (Fsp3) is 0.364. The average Bonchev–Trinajstić information content (AvgIpc) is 3.38. The molecule has 0 saturated heterocycles. The predicted molar refractivity (Wildman–Crippen MR) is 203 cm³/mol. The second kappa shape index (κ2) is 12.9. The van der Waals surface area contributed by atoms with Gasteiger partial charge >= 0.3 is 0 Å². The monoisotopic (exact) mass is 831 g/mol. The number of fused-ring (bicyclic) bond motifs is 2. The maximum absolute atomic E-state index is 11.1. The van der Waals surface area contributed by atoms with E-state index in [0.717, 1.165) is 61.3 Å². The van der Waals surface area contributed by atoms with Crippen molar-refractivity contribution in [1.29, 1.82) is 0 Å². The molecular weight excluding hydrogens is 782 g/mol. The summed E-state index contributed by atoms with van der Waals surface area (Å²) < 4.78 is 2.25. The Bertz CT molecular complexity index is 2190. The minimum Gasteiger partial charge on any atom is -0.507 e. The molecule has 258 valence electrons. The minimum absolute atomic E-state index is 0. The molecule has 0 aliphatic rings. The number of nitrogens with zero attached hydrogens (tertiary/aromatic N) is 3. The van der Waals surface area contributed by atoms with E-state index in [0.29, 0.717) is 0 Å². The predicted octanol–water partition coefficient (Wildman–Crippen LogP) is 11.9. The second-order valence-corrected chi connectivity index (χ2v) is 16.8. The minimum atomic E-state index is -0.0633. The molecule has 1 N–H and O–H groups in total. The average molecular weight is 832 g/mol. The first kappa shape index (κ1) is 36.5. The number of benzene rings is 4. The Balaban J connectivity index is 0.00000468. The van der Waals surface area contributed by atoms with E-state index in [-0.39, 0.29) is 49.1 Å². The fourth-order valence-corrected chi connectivity index (χ4v) is 6.78. The van der Waals surface area contributed by atoms with Crippen molar-refractivity contribution in [3.05, 3.63) is 101 Å². The number of aromatic hydroxyl groups is 1. The number of rotatable bonds is 4. The summed E-state index contributed by atoms with van der Waals surface area (Å²) in [6.07, 6.45) is 1.95. The maximum Gasteiger partial charge on any atom is 0.144 e. The molecule has 0 unspecified atom stereocenters. The van der Waals surface area contributed by atoms with E-state index >= 15 is 0 Å². The molecule has 0 bridgehead atoms. The van der Waals surface area contributed by atoms with E-state index in [2.05, 4.69) is 148 Å². The van der Waals surface area contributed by atoms with Gasteiger partial charge in [0.05, 0.1) is 16.6 Å². The van der Waals surface area contributed by atoms with Crippen molar-refractivity contribution in [2.24, 2.45) is 0 Å². The Kier molecular flexibility index (Phi) is 9.58. The number of para-hydroxylation sites is 1. The second-order valence-electron chi connectivity index (χ2n) is 16.8. The molecule has 0 radical (unpaired) electrons. The molecule has 0 atom stereocenters. The van der Waals surface area contributed by atoms with Crippen LogP contribution in [0.4, 0.5) is 0 Å². The van der Waals surface area contributed by atoms with Gasteiger partial charge in [0.15, 0.2) is 0 Å². The summed E-state index contributed by atoms with van der Waals surface area (Å²) in [5.41, 5.74) is 12.6. The van der Waals surface area contributed by atoms with Gasteiger partial charge < -0.3 is 9.67 Å². The van der Waals surface area contributed by atoms with E-state index in [9.17, 15) is 5.11 Å². The molecule has 5 heteroatoms. The van der Waals surface area contributed by atoms with Gasteiger partial charge in [0, 0.05) is 38.8 Å². The van der Waals surface area contributed by atoms with Gasteiger partial charge in [-0.3, -0.25) is 4.98 Å². The Morgan fingerprint density at radius 2 is 1.33 bits per heavy atom. The molecule has 2 aromatic heterocycles. The molecule has 4 nitrogen and oxygen atoms in total. The molecule has 0 amide bonds. The molecule has 0 aliphatic carbocycles. The van der Waals surface area contributed by atoms with Crippen LogP contribution < -0.4 is 0 Å². The SMILES string of the molecule is Cc1cc(-c2cc(C(C)(C)C)cc3c(C(C)(C)C)ccnc23)[c-]c(-c2cccc3c2nc(-c2cc(C(C)(C)C)ccc2O)n3C(C)C)c1.[Pt]. The first-order chi connectivity index (χ1) is 22.3. The van der Waals surface area contributed by atoms with E-state index in [1.807, 2.05) is 12.3 Å². The Labute approximate surface area is 307 Å². The number of imidazole rings is 1. The van der Waals surface area contributed by atoms with Crippen LogP contribution in [-0.2, 0) is 37.3 Å². The first-order valence-electron chi connectivity index (χ1n) is 17.2. The number of hydrogen-bond acceptors (Lipinski definition) is 3. The molecular formula is C44H50N3OPt-. The van der Waals surface area contributed by atoms with Gasteiger partial charge in [0.2, 0.25) is 0 Å². The van der Waals surface area contributed by atoms with Crippen LogP contribution >= 0.6 is 0 Å². The van der Waals surface area contributed by atoms with Crippen LogP contribution in [0.25, 0.3) is 55.6 Å². The van der Waals surface area contributed by atoms with E-state index in [1.165, 1.54) is 16.5 Å². The van der Waals surface area contributed by atoms with Crippen molar-refractivity contribution in [1.82, 2.24) is 14.5 Å². The number of phenols is 1. The molecule has 49 heavy (non-hydrogen) atoms. The number of hydrogen-bond donors (Lipinski definition) is 1. The van der Waals surface area contributed by atoms with Crippen LogP contribution in [0, 0.1) is 13.0 Å². The van der Waals surface area contributed by atoms with Gasteiger partial charge in [-0.1, -0.05) is 111 Å². The van der Waals surface area contributed by atoms with Crippen LogP contribution in [-0.4, -0.2) is 19.6 Å². The summed E-state index contributed by atoms with van der Waals surface area (Å²) in [5.74, 6) is 1.01. The van der Waals surface area contributed by atoms with Gasteiger partial charge in [0.25, 0.3) is 0 Å². The van der Waals surface area contributed by atoms with Crippen molar-refractivity contribution in [2.45, 2.75) is 105 Å². The third-order valence-corrected chi connectivity index (χ3v) is 9.45. The summed E-state index contributed by atoms with van der Waals surface area (Å²) in [4.78, 5) is 10.3. The van der Waals surface area contributed by atoms with E-state index < -0.39 is 0 Å². The van der Waals surface area contributed by atoms with Gasteiger partial charge in [-0.15, -0.1) is 34.9 Å². The standard InChI is InChI=1S/C44H50N3O.Pt/c1-26(2)47-37-15-13-14-32(40(37)46-41(47)35-23-30(42(4,5)6)16-17-38(35)48)28-20-27(3)21-29(22-28)33-24-31(43(7,8)9)25-34-36(44(10,11)12)18-19-45-39(33)34;/h13-21,23-26,48H,1-12H3;/q-1;. The number of phenolic OH excluding ortho intramolecular Hbond substituents is 1. The summed E-state index contributed by atoms with van der Waals surface area (Å²) in [5, 5.41) is 12.3. The van der Waals surface area contributed by atoms with Gasteiger partial charge in [-0.2, -0.15) is 0 Å². The first-order valence-corrected chi connectivity index (χ1v) is 17.2. The van der Waals surface area contributed by atoms with Crippen molar-refractivity contribution >= 4 is 21.9 Å². The zero-order valence-electron chi connectivity index (χ0n) is 31.1. The van der Waals surface area contributed by atoms with Crippen molar-refractivity contribution in [3.63, 3.8) is 0 Å². The summed E-state index contributed by atoms with van der Waals surface area (Å²) in [7, 11) is 0. The smallest absolute Gasteiger partial charge is 0.144 e. The van der Waals surface area contributed by atoms with Gasteiger partial charge in [0.1, 0.15) is 11.6 Å². The summed E-state index contributed by atoms with van der Waals surface area (Å²) in [6.45, 7) is 26.7. The normalized spacial score (nSPS) is 12.6. The quantitative estimate of drug-likeness (QED) is 0.180. The van der Waals surface area contributed by atoms with Crippen LogP contribution in [0.3, 0.4) is 0 Å². The van der Waals surface area contributed by atoms with Crippen LogP contribution in [0.5, 0.6) is 5.75 Å². The van der Waals surface area contributed by atoms with Crippen molar-refractivity contribution in [2.75, 3.05) is 0 Å². The molecule has 0 spiro atoms. The molecule has 6 aromatic rings. The van der Waals surface area contributed by atoms with Gasteiger partial charge in [-0.25, -0.2) is 4.98 Å². The Hall–Kier alpha value is -3.75. The van der Waals surface area contributed by atoms with Crippen LogP contribution in [0.2, 0.25) is 0 Å². The zero-order chi connectivity index (χ0) is 34.9.